The summed E-state index contributed by atoms with van der Waals surface area (Å²) in [6.07, 6.45) is 1.58. The first-order valence-corrected chi connectivity index (χ1v) is 8.15. The summed E-state index contributed by atoms with van der Waals surface area (Å²) in [6.45, 7) is 0. The Hall–Kier alpha value is -1.93. The summed E-state index contributed by atoms with van der Waals surface area (Å²) in [5.74, 6) is -0.825. The first kappa shape index (κ1) is 14.0. The van der Waals surface area contributed by atoms with Gasteiger partial charge < -0.3 is 0 Å². The first-order chi connectivity index (χ1) is 9.97. The second-order valence-corrected chi connectivity index (χ2v) is 6.89. The van der Waals surface area contributed by atoms with Crippen molar-refractivity contribution in [3.63, 3.8) is 0 Å². The van der Waals surface area contributed by atoms with Crippen molar-refractivity contribution in [3.8, 4) is 0 Å². The summed E-state index contributed by atoms with van der Waals surface area (Å²) in [5, 5.41) is 7.32. The molecule has 0 atom stereocenters. The van der Waals surface area contributed by atoms with E-state index in [1.807, 2.05) is 0 Å². The molecule has 0 saturated carbocycles. The molecule has 0 aliphatic carbocycles. The third-order valence-electron chi connectivity index (χ3n) is 2.90. The number of sulfonamides is 1. The number of rotatable bonds is 3. The number of fused-ring (bicyclic) bond motifs is 1. The average molecular weight is 370 g/mol. The van der Waals surface area contributed by atoms with E-state index in [1.165, 1.54) is 12.1 Å². The molecule has 0 aliphatic heterocycles. The van der Waals surface area contributed by atoms with E-state index in [0.717, 1.165) is 11.5 Å². The lowest BCUT2D eigenvalue weighted by Crippen LogP contribution is -2.14. The van der Waals surface area contributed by atoms with Gasteiger partial charge in [-0.25, -0.2) is 12.8 Å². The Balaban J connectivity index is 2.05. The predicted octanol–water partition coefficient (Wildman–Crippen LogP) is 3.27. The van der Waals surface area contributed by atoms with Gasteiger partial charge >= 0.3 is 0 Å². The normalized spacial score (nSPS) is 11.7. The van der Waals surface area contributed by atoms with Gasteiger partial charge in [0.2, 0.25) is 0 Å². The smallest absolute Gasteiger partial charge is 0.264 e. The molecule has 0 spiro atoms. The molecule has 5 nitrogen and oxygen atoms in total. The van der Waals surface area contributed by atoms with Crippen LogP contribution >= 0.6 is 15.9 Å². The molecule has 0 saturated heterocycles. The van der Waals surface area contributed by atoms with Crippen LogP contribution in [0.2, 0.25) is 0 Å². The van der Waals surface area contributed by atoms with Crippen molar-refractivity contribution in [1.82, 2.24) is 10.2 Å². The lowest BCUT2D eigenvalue weighted by Gasteiger charge is -2.09. The highest BCUT2D eigenvalue weighted by atomic mass is 79.9. The van der Waals surface area contributed by atoms with Gasteiger partial charge in [-0.15, -0.1) is 0 Å². The van der Waals surface area contributed by atoms with E-state index in [0.29, 0.717) is 15.7 Å². The zero-order valence-corrected chi connectivity index (χ0v) is 12.9. The molecule has 3 aromatic rings. The van der Waals surface area contributed by atoms with E-state index in [4.69, 9.17) is 0 Å². The monoisotopic (exact) mass is 369 g/mol. The number of nitrogens with one attached hydrogen (secondary N) is 2. The van der Waals surface area contributed by atoms with Gasteiger partial charge in [0.25, 0.3) is 10.0 Å². The maximum atomic E-state index is 13.8. The quantitative estimate of drug-likeness (QED) is 0.743. The highest BCUT2D eigenvalue weighted by Crippen LogP contribution is 2.25. The number of benzene rings is 2. The lowest BCUT2D eigenvalue weighted by molar-refractivity contribution is 0.570. The molecule has 0 amide bonds. The van der Waals surface area contributed by atoms with Crippen LogP contribution in [0.3, 0.4) is 0 Å². The molecule has 1 heterocycles. The Bertz CT molecular complexity index is 924. The maximum Gasteiger partial charge on any atom is 0.264 e. The number of H-pyrrole nitrogens is 1. The van der Waals surface area contributed by atoms with Crippen LogP contribution in [0, 0.1) is 5.82 Å². The SMILES string of the molecule is O=S(=O)(Nc1cccc2cn[nH]c12)c1ccc(Br)cc1F. The second-order valence-electron chi connectivity index (χ2n) is 4.32. The molecule has 1 aromatic heterocycles. The summed E-state index contributed by atoms with van der Waals surface area (Å²) in [5.41, 5.74) is 0.853. The molecule has 2 aromatic carbocycles. The highest BCUT2D eigenvalue weighted by Gasteiger charge is 2.20. The van der Waals surface area contributed by atoms with Crippen molar-refractivity contribution in [1.29, 1.82) is 0 Å². The third-order valence-corrected chi connectivity index (χ3v) is 4.80. The van der Waals surface area contributed by atoms with Gasteiger partial charge in [-0.05, 0) is 24.3 Å². The van der Waals surface area contributed by atoms with E-state index in [9.17, 15) is 12.8 Å². The van der Waals surface area contributed by atoms with E-state index in [-0.39, 0.29) is 0 Å². The highest BCUT2D eigenvalue weighted by molar-refractivity contribution is 9.10. The predicted molar refractivity (Wildman–Crippen MR) is 81.0 cm³/mol. The zero-order chi connectivity index (χ0) is 15.0. The fourth-order valence-corrected chi connectivity index (χ4v) is 3.41. The molecular formula is C13H9BrFN3O2S. The number of aromatic nitrogens is 2. The average Bonchev–Trinajstić information content (AvgIpc) is 2.87. The minimum atomic E-state index is -4.02. The van der Waals surface area contributed by atoms with Crippen molar-refractivity contribution in [3.05, 3.63) is 52.9 Å². The number of hydrogen-bond acceptors (Lipinski definition) is 3. The van der Waals surface area contributed by atoms with Crippen molar-refractivity contribution < 1.29 is 12.8 Å². The zero-order valence-electron chi connectivity index (χ0n) is 10.5. The first-order valence-electron chi connectivity index (χ1n) is 5.87. The molecule has 0 unspecified atom stereocenters. The van der Waals surface area contributed by atoms with Gasteiger partial charge in [0, 0.05) is 9.86 Å². The Morgan fingerprint density at radius 3 is 2.81 bits per heavy atom. The Morgan fingerprint density at radius 1 is 1.24 bits per heavy atom. The summed E-state index contributed by atoms with van der Waals surface area (Å²) in [7, 11) is -4.02. The molecule has 2 N–H and O–H groups in total. The summed E-state index contributed by atoms with van der Waals surface area (Å²) in [4.78, 5) is -0.415. The fraction of sp³-hybridized carbons (Fsp3) is 0. The van der Waals surface area contributed by atoms with Gasteiger partial charge in [-0.1, -0.05) is 28.1 Å². The Kier molecular flexibility index (Phi) is 3.42. The minimum absolute atomic E-state index is 0.312. The number of hydrogen-bond donors (Lipinski definition) is 2. The lowest BCUT2D eigenvalue weighted by atomic mass is 10.2. The van der Waals surface area contributed by atoms with Gasteiger partial charge in [0.1, 0.15) is 10.7 Å². The standard InChI is InChI=1S/C13H9BrFN3O2S/c14-9-4-5-12(10(15)6-9)21(19,20)18-11-3-1-2-8-7-16-17-13(8)11/h1-7,18H,(H,16,17). The van der Waals surface area contributed by atoms with Gasteiger partial charge in [-0.3, -0.25) is 9.82 Å². The summed E-state index contributed by atoms with van der Waals surface area (Å²) >= 11 is 3.09. The van der Waals surface area contributed by atoms with E-state index >= 15 is 0 Å². The van der Waals surface area contributed by atoms with Crippen LogP contribution < -0.4 is 4.72 Å². The molecule has 0 fully saturated rings. The van der Waals surface area contributed by atoms with E-state index in [1.54, 1.807) is 24.4 Å². The van der Waals surface area contributed by atoms with Gasteiger partial charge in [0.15, 0.2) is 0 Å². The molecule has 108 valence electrons. The molecule has 0 aliphatic rings. The van der Waals surface area contributed by atoms with Crippen molar-refractivity contribution in [2.75, 3.05) is 4.72 Å². The maximum absolute atomic E-state index is 13.8. The molecule has 3 rings (SSSR count). The van der Waals surface area contributed by atoms with Gasteiger partial charge in [-0.2, -0.15) is 5.10 Å². The largest absolute Gasteiger partial charge is 0.277 e. The number of anilines is 1. The number of aromatic amines is 1. The molecule has 8 heteroatoms. The minimum Gasteiger partial charge on any atom is -0.277 e. The van der Waals surface area contributed by atoms with Crippen LogP contribution in [0.25, 0.3) is 10.9 Å². The number of para-hydroxylation sites is 1. The Labute approximate surface area is 128 Å². The van der Waals surface area contributed by atoms with Crippen LogP contribution in [0.1, 0.15) is 0 Å². The van der Waals surface area contributed by atoms with Crippen LogP contribution in [-0.2, 0) is 10.0 Å². The topological polar surface area (TPSA) is 74.8 Å². The fourth-order valence-electron chi connectivity index (χ4n) is 1.95. The molecule has 0 radical (unpaired) electrons. The third kappa shape index (κ3) is 2.64. The van der Waals surface area contributed by atoms with Crippen LogP contribution in [0.5, 0.6) is 0 Å². The molecular weight excluding hydrogens is 361 g/mol. The van der Waals surface area contributed by atoms with E-state index < -0.39 is 20.7 Å². The van der Waals surface area contributed by atoms with E-state index in [2.05, 4.69) is 30.8 Å². The number of halogens is 2. The van der Waals surface area contributed by atoms with Crippen LogP contribution in [0.4, 0.5) is 10.1 Å². The van der Waals surface area contributed by atoms with Crippen molar-refractivity contribution in [2.45, 2.75) is 4.90 Å². The van der Waals surface area contributed by atoms with Crippen molar-refractivity contribution >= 4 is 42.5 Å². The Morgan fingerprint density at radius 2 is 2.05 bits per heavy atom. The van der Waals surface area contributed by atoms with Gasteiger partial charge in [0.05, 0.1) is 17.4 Å². The summed E-state index contributed by atoms with van der Waals surface area (Å²) < 4.78 is 41.3. The molecule has 0 bridgehead atoms. The molecule has 21 heavy (non-hydrogen) atoms. The van der Waals surface area contributed by atoms with Crippen LogP contribution in [0.15, 0.2) is 52.0 Å². The number of nitrogens with zero attached hydrogens (tertiary/aromatic N) is 1. The van der Waals surface area contributed by atoms with Crippen molar-refractivity contribution in [2.24, 2.45) is 0 Å². The van der Waals surface area contributed by atoms with Crippen LogP contribution in [-0.4, -0.2) is 18.6 Å². The second kappa shape index (κ2) is 5.12. The summed E-state index contributed by atoms with van der Waals surface area (Å²) in [6, 6.07) is 8.83.